The number of aromatic nitrogens is 2. The first-order valence-electron chi connectivity index (χ1n) is 4.80. The van der Waals surface area contributed by atoms with Crippen molar-refractivity contribution in [1.29, 1.82) is 0 Å². The topological polar surface area (TPSA) is 25.8 Å². The first kappa shape index (κ1) is 17.2. The van der Waals surface area contributed by atoms with Gasteiger partial charge in [-0.3, -0.25) is 0 Å². The molecule has 3 heteroatoms. The van der Waals surface area contributed by atoms with Gasteiger partial charge in [0.1, 0.15) is 0 Å². The molecule has 0 aromatic carbocycles. The van der Waals surface area contributed by atoms with Gasteiger partial charge < -0.3 is 15.9 Å². The molecule has 0 amide bonds. The van der Waals surface area contributed by atoms with Crippen molar-refractivity contribution in [2.75, 3.05) is 0 Å². The predicted octanol–water partition coefficient (Wildman–Crippen LogP) is 3.19. The molecule has 1 aromatic rings. The normalized spacial score (nSPS) is 10.1. The molecule has 0 N–H and O–H groups in total. The second-order valence-corrected chi connectivity index (χ2v) is 4.79. The summed E-state index contributed by atoms with van der Waals surface area (Å²) in [6.07, 6.45) is 4.28. The van der Waals surface area contributed by atoms with Crippen LogP contribution in [0.3, 0.4) is 0 Å². The van der Waals surface area contributed by atoms with Crippen molar-refractivity contribution < 1.29 is 21.1 Å². The maximum atomic E-state index is 4.01. The Kier molecular flexibility index (Phi) is 9.14. The summed E-state index contributed by atoms with van der Waals surface area (Å²) in [6, 6.07) is 1.91. The Hall–Kier alpha value is -0.232. The van der Waals surface area contributed by atoms with Crippen LogP contribution in [0.15, 0.2) is 12.3 Å². The Bertz CT molecular complexity index is 237. The van der Waals surface area contributed by atoms with Gasteiger partial charge >= 0.3 is 21.1 Å². The molecule has 1 heterocycles. The minimum Gasteiger partial charge on any atom is -0.374 e. The Morgan fingerprint density at radius 1 is 1.20 bits per heavy atom. The summed E-state index contributed by atoms with van der Waals surface area (Å²) in [4.78, 5) is 7.74. The van der Waals surface area contributed by atoms with Crippen molar-refractivity contribution in [1.82, 2.24) is 9.97 Å². The Balaban J connectivity index is 0. The molecule has 0 saturated carbocycles. The summed E-state index contributed by atoms with van der Waals surface area (Å²) in [7, 11) is 0. The standard InChI is InChI=1S/C8H11N2.C4H9.W/c1-8(2,3)7-4-5-9-6-10-7;1-4(2)3;/h4-5H,1-3H3;1-3H3;/q2*-1;+2. The minimum atomic E-state index is 0. The van der Waals surface area contributed by atoms with Crippen molar-refractivity contribution in [3.63, 3.8) is 0 Å². The number of hydrogen-bond donors (Lipinski definition) is 0. The Labute approximate surface area is 108 Å². The molecule has 0 unspecified atom stereocenters. The van der Waals surface area contributed by atoms with Gasteiger partial charge in [0.2, 0.25) is 0 Å². The zero-order valence-corrected chi connectivity index (χ0v) is 13.4. The van der Waals surface area contributed by atoms with Crippen LogP contribution in [-0.4, -0.2) is 9.97 Å². The molecule has 2 nitrogen and oxygen atoms in total. The van der Waals surface area contributed by atoms with Crippen molar-refractivity contribution in [3.05, 3.63) is 30.2 Å². The fourth-order valence-electron chi connectivity index (χ4n) is 0.679. The predicted molar refractivity (Wildman–Crippen MR) is 59.8 cm³/mol. The Morgan fingerprint density at radius 2 is 1.67 bits per heavy atom. The third kappa shape index (κ3) is 10.1. The molecule has 0 aliphatic rings. The zero-order chi connectivity index (χ0) is 11.2. The number of rotatable bonds is 0. The van der Waals surface area contributed by atoms with Gasteiger partial charge in [-0.25, -0.2) is 0 Å². The first-order chi connectivity index (χ1) is 6.34. The van der Waals surface area contributed by atoms with Crippen LogP contribution < -0.4 is 0 Å². The molecular formula is C12H20N2W. The molecule has 0 spiro atoms. The number of hydrogen-bond acceptors (Lipinski definition) is 2. The maximum absolute atomic E-state index is 4.01. The van der Waals surface area contributed by atoms with Crippen LogP contribution >= 0.6 is 0 Å². The largest absolute Gasteiger partial charge is 2.00 e. The Morgan fingerprint density at radius 3 is 1.87 bits per heavy atom. The summed E-state index contributed by atoms with van der Waals surface area (Å²) >= 11 is 0. The van der Waals surface area contributed by atoms with E-state index in [2.05, 4.69) is 57.8 Å². The number of nitrogens with zero attached hydrogens (tertiary/aromatic N) is 2. The van der Waals surface area contributed by atoms with E-state index in [1.807, 2.05) is 6.07 Å². The maximum Gasteiger partial charge on any atom is 2.00 e. The zero-order valence-electron chi connectivity index (χ0n) is 10.5. The van der Waals surface area contributed by atoms with Crippen LogP contribution in [0.5, 0.6) is 0 Å². The monoisotopic (exact) mass is 376 g/mol. The summed E-state index contributed by atoms with van der Waals surface area (Å²) in [5, 5.41) is 0. The van der Waals surface area contributed by atoms with Crippen LogP contribution in [-0.2, 0) is 26.5 Å². The smallest absolute Gasteiger partial charge is 0.374 e. The van der Waals surface area contributed by atoms with Gasteiger partial charge in [-0.05, 0) is 5.41 Å². The average Bonchev–Trinajstić information content (AvgIpc) is 2.03. The van der Waals surface area contributed by atoms with Crippen LogP contribution in [0.25, 0.3) is 0 Å². The summed E-state index contributed by atoms with van der Waals surface area (Å²) < 4.78 is 0. The van der Waals surface area contributed by atoms with Gasteiger partial charge in [-0.2, -0.15) is 20.8 Å². The fourth-order valence-corrected chi connectivity index (χ4v) is 0.679. The van der Waals surface area contributed by atoms with Gasteiger partial charge in [-0.15, -0.1) is 6.07 Å². The second-order valence-electron chi connectivity index (χ2n) is 4.79. The summed E-state index contributed by atoms with van der Waals surface area (Å²) in [5.41, 5.74) is 1.14. The molecule has 0 aliphatic carbocycles. The van der Waals surface area contributed by atoms with Crippen molar-refractivity contribution >= 4 is 0 Å². The third-order valence-corrected chi connectivity index (χ3v) is 1.30. The molecule has 0 fully saturated rings. The van der Waals surface area contributed by atoms with E-state index in [1.54, 1.807) is 6.20 Å². The van der Waals surface area contributed by atoms with Gasteiger partial charge in [0.15, 0.2) is 0 Å². The molecule has 84 valence electrons. The van der Waals surface area contributed by atoms with E-state index < -0.39 is 0 Å². The van der Waals surface area contributed by atoms with E-state index in [-0.39, 0.29) is 26.5 Å². The van der Waals surface area contributed by atoms with Crippen LogP contribution in [0.1, 0.15) is 47.2 Å². The fraction of sp³-hybridized carbons (Fsp3) is 0.583. The summed E-state index contributed by atoms with van der Waals surface area (Å²) in [5.74, 6) is 1.42. The first-order valence-corrected chi connectivity index (χ1v) is 4.80. The van der Waals surface area contributed by atoms with E-state index in [0.29, 0.717) is 0 Å². The summed E-state index contributed by atoms with van der Waals surface area (Å²) in [6.45, 7) is 12.6. The molecule has 0 radical (unpaired) electrons. The van der Waals surface area contributed by atoms with Gasteiger partial charge in [0, 0.05) is 6.33 Å². The molecule has 0 atom stereocenters. The molecule has 0 aliphatic heterocycles. The molecular weight excluding hydrogens is 356 g/mol. The van der Waals surface area contributed by atoms with Gasteiger partial charge in [-0.1, -0.05) is 32.7 Å². The van der Waals surface area contributed by atoms with E-state index in [1.165, 1.54) is 5.92 Å². The average molecular weight is 376 g/mol. The molecule has 1 rings (SSSR count). The van der Waals surface area contributed by atoms with E-state index >= 15 is 0 Å². The quantitative estimate of drug-likeness (QED) is 0.650. The second kappa shape index (κ2) is 7.98. The van der Waals surface area contributed by atoms with Crippen molar-refractivity contribution in [2.24, 2.45) is 0 Å². The van der Waals surface area contributed by atoms with Crippen molar-refractivity contribution in [3.8, 4) is 0 Å². The van der Waals surface area contributed by atoms with E-state index in [0.717, 1.165) is 5.69 Å². The minimum absolute atomic E-state index is 0. The van der Waals surface area contributed by atoms with Crippen LogP contribution in [0, 0.1) is 12.2 Å². The van der Waals surface area contributed by atoms with Crippen molar-refractivity contribution in [2.45, 2.75) is 47.0 Å². The van der Waals surface area contributed by atoms with E-state index in [4.69, 9.17) is 0 Å². The van der Waals surface area contributed by atoms with Crippen LogP contribution in [0.2, 0.25) is 0 Å². The van der Waals surface area contributed by atoms with Crippen LogP contribution in [0.4, 0.5) is 0 Å². The molecule has 1 aromatic heterocycles. The SMILES string of the molecule is CC(C)(C)c1ccn[c-]n1.C[C-](C)C.[W+2]. The van der Waals surface area contributed by atoms with Gasteiger partial charge in [0.05, 0.1) is 0 Å². The van der Waals surface area contributed by atoms with Gasteiger partial charge in [0.25, 0.3) is 0 Å². The third-order valence-electron chi connectivity index (χ3n) is 1.30. The molecule has 0 saturated heterocycles. The molecule has 0 bridgehead atoms. The molecule has 15 heavy (non-hydrogen) atoms. The van der Waals surface area contributed by atoms with E-state index in [9.17, 15) is 0 Å².